The third kappa shape index (κ3) is 4.12. The molecule has 0 spiro atoms. The number of carbonyl (C=O) groups is 2. The molecule has 0 radical (unpaired) electrons. The van der Waals surface area contributed by atoms with Crippen LogP contribution < -0.4 is 0 Å². The van der Waals surface area contributed by atoms with E-state index in [2.05, 4.69) is 31.9 Å². The molecular weight excluding hydrogens is 448 g/mol. The second kappa shape index (κ2) is 8.15. The first-order valence-corrected chi connectivity index (χ1v) is 9.74. The summed E-state index contributed by atoms with van der Waals surface area (Å²) in [4.78, 5) is 29.2. The van der Waals surface area contributed by atoms with E-state index in [0.29, 0.717) is 37.3 Å². The molecule has 0 atom stereocenters. The average molecular weight is 466 g/mol. The highest BCUT2D eigenvalue weighted by Crippen LogP contribution is 2.21. The summed E-state index contributed by atoms with van der Waals surface area (Å²) < 4.78 is 1.59. The summed E-state index contributed by atoms with van der Waals surface area (Å²) >= 11 is 6.88. The molecule has 2 amide bonds. The maximum Gasteiger partial charge on any atom is 0.255 e. The zero-order chi connectivity index (χ0) is 17.8. The van der Waals surface area contributed by atoms with Gasteiger partial charge in [0, 0.05) is 35.1 Å². The zero-order valence-electron chi connectivity index (χ0n) is 13.6. The third-order valence-electron chi connectivity index (χ3n) is 4.28. The highest BCUT2D eigenvalue weighted by atomic mass is 79.9. The van der Waals surface area contributed by atoms with Crippen LogP contribution in [-0.4, -0.2) is 47.8 Å². The Morgan fingerprint density at radius 3 is 1.48 bits per heavy atom. The minimum atomic E-state index is 0.00247. The van der Waals surface area contributed by atoms with Gasteiger partial charge in [0.25, 0.3) is 11.8 Å². The topological polar surface area (TPSA) is 40.6 Å². The van der Waals surface area contributed by atoms with E-state index in [4.69, 9.17) is 0 Å². The molecule has 1 heterocycles. The lowest BCUT2D eigenvalue weighted by Crippen LogP contribution is -2.37. The average Bonchev–Trinajstić information content (AvgIpc) is 2.87. The minimum Gasteiger partial charge on any atom is -0.337 e. The van der Waals surface area contributed by atoms with Crippen molar-refractivity contribution in [2.75, 3.05) is 26.2 Å². The van der Waals surface area contributed by atoms with Crippen LogP contribution in [0, 0.1) is 0 Å². The Bertz CT molecular complexity index is 729. The molecule has 3 rings (SSSR count). The molecule has 25 heavy (non-hydrogen) atoms. The van der Waals surface area contributed by atoms with E-state index in [0.717, 1.165) is 15.4 Å². The number of hydrogen-bond donors (Lipinski definition) is 0. The first-order chi connectivity index (χ1) is 12.1. The fraction of sp³-hybridized carbons (Fsp3) is 0.263. The van der Waals surface area contributed by atoms with Gasteiger partial charge in [-0.1, -0.05) is 24.3 Å². The summed E-state index contributed by atoms with van der Waals surface area (Å²) in [5, 5.41) is 0. The van der Waals surface area contributed by atoms with Gasteiger partial charge in [-0.3, -0.25) is 9.59 Å². The van der Waals surface area contributed by atoms with Gasteiger partial charge in [-0.2, -0.15) is 0 Å². The standard InChI is InChI=1S/C19H18Br2N2O2/c20-16-8-3-1-6-14(16)18(24)22-10-5-11-23(13-12-22)19(25)15-7-2-4-9-17(15)21/h1-4,6-9H,5,10-13H2. The fourth-order valence-electron chi connectivity index (χ4n) is 2.93. The lowest BCUT2D eigenvalue weighted by atomic mass is 10.2. The molecule has 0 aliphatic carbocycles. The molecule has 1 aliphatic heterocycles. The molecule has 0 aromatic heterocycles. The molecule has 130 valence electrons. The van der Waals surface area contributed by atoms with Crippen molar-refractivity contribution < 1.29 is 9.59 Å². The summed E-state index contributed by atoms with van der Waals surface area (Å²) in [6, 6.07) is 14.9. The van der Waals surface area contributed by atoms with E-state index in [1.165, 1.54) is 0 Å². The van der Waals surface area contributed by atoms with Crippen LogP contribution in [-0.2, 0) is 0 Å². The molecular formula is C19H18Br2N2O2. The van der Waals surface area contributed by atoms with Gasteiger partial charge in [0.1, 0.15) is 0 Å². The molecule has 4 nitrogen and oxygen atoms in total. The molecule has 0 unspecified atom stereocenters. The van der Waals surface area contributed by atoms with Crippen LogP contribution in [0.3, 0.4) is 0 Å². The van der Waals surface area contributed by atoms with Crippen LogP contribution in [0.1, 0.15) is 27.1 Å². The van der Waals surface area contributed by atoms with E-state index >= 15 is 0 Å². The maximum absolute atomic E-state index is 12.8. The molecule has 0 bridgehead atoms. The molecule has 1 aliphatic rings. The van der Waals surface area contributed by atoms with Crippen molar-refractivity contribution in [3.8, 4) is 0 Å². The van der Waals surface area contributed by atoms with Crippen molar-refractivity contribution in [3.63, 3.8) is 0 Å². The van der Waals surface area contributed by atoms with Gasteiger partial charge >= 0.3 is 0 Å². The number of amides is 2. The van der Waals surface area contributed by atoms with Crippen LogP contribution in [0.2, 0.25) is 0 Å². The summed E-state index contributed by atoms with van der Waals surface area (Å²) in [5.41, 5.74) is 1.32. The normalized spacial score (nSPS) is 15.0. The Hall–Kier alpha value is -1.66. The van der Waals surface area contributed by atoms with Crippen molar-refractivity contribution in [3.05, 3.63) is 68.6 Å². The van der Waals surface area contributed by atoms with E-state index in [1.807, 2.05) is 58.3 Å². The van der Waals surface area contributed by atoms with E-state index < -0.39 is 0 Å². The summed E-state index contributed by atoms with van der Waals surface area (Å²) in [6.07, 6.45) is 0.770. The molecule has 1 fully saturated rings. The number of rotatable bonds is 2. The van der Waals surface area contributed by atoms with E-state index in [9.17, 15) is 9.59 Å². The van der Waals surface area contributed by atoms with E-state index in [1.54, 1.807) is 0 Å². The van der Waals surface area contributed by atoms with Gasteiger partial charge in [-0.25, -0.2) is 0 Å². The quantitative estimate of drug-likeness (QED) is 0.666. The predicted molar refractivity (Wildman–Crippen MR) is 105 cm³/mol. The molecule has 0 N–H and O–H groups in total. The number of hydrogen-bond acceptors (Lipinski definition) is 2. The number of carbonyl (C=O) groups excluding carboxylic acids is 2. The monoisotopic (exact) mass is 464 g/mol. The van der Waals surface area contributed by atoms with E-state index in [-0.39, 0.29) is 11.8 Å². The first-order valence-electron chi connectivity index (χ1n) is 8.15. The van der Waals surface area contributed by atoms with Crippen LogP contribution in [0.5, 0.6) is 0 Å². The second-order valence-electron chi connectivity index (χ2n) is 5.90. The van der Waals surface area contributed by atoms with Crippen molar-refractivity contribution in [1.29, 1.82) is 0 Å². The predicted octanol–water partition coefficient (Wildman–Crippen LogP) is 4.20. The Kier molecular flexibility index (Phi) is 5.91. The van der Waals surface area contributed by atoms with Gasteiger partial charge in [0.05, 0.1) is 11.1 Å². The smallest absolute Gasteiger partial charge is 0.255 e. The molecule has 0 saturated carbocycles. The summed E-state index contributed by atoms with van der Waals surface area (Å²) in [7, 11) is 0. The molecule has 1 saturated heterocycles. The summed E-state index contributed by atoms with van der Waals surface area (Å²) in [6.45, 7) is 2.38. The van der Waals surface area contributed by atoms with Crippen LogP contribution in [0.25, 0.3) is 0 Å². The fourth-order valence-corrected chi connectivity index (χ4v) is 3.84. The molecule has 2 aromatic carbocycles. The Morgan fingerprint density at radius 1 is 0.680 bits per heavy atom. The number of benzene rings is 2. The van der Waals surface area contributed by atoms with Crippen LogP contribution in [0.15, 0.2) is 57.5 Å². The molecule has 2 aromatic rings. The lowest BCUT2D eigenvalue weighted by Gasteiger charge is -2.23. The van der Waals surface area contributed by atoms with Gasteiger partial charge in [0.2, 0.25) is 0 Å². The maximum atomic E-state index is 12.8. The van der Waals surface area contributed by atoms with Gasteiger partial charge in [0.15, 0.2) is 0 Å². The number of halogens is 2. The Balaban J connectivity index is 1.70. The lowest BCUT2D eigenvalue weighted by molar-refractivity contribution is 0.0718. The Morgan fingerprint density at radius 2 is 1.08 bits per heavy atom. The van der Waals surface area contributed by atoms with Crippen molar-refractivity contribution >= 4 is 43.7 Å². The first kappa shape index (κ1) is 18.1. The second-order valence-corrected chi connectivity index (χ2v) is 7.61. The van der Waals surface area contributed by atoms with Crippen molar-refractivity contribution in [2.45, 2.75) is 6.42 Å². The Labute approximate surface area is 164 Å². The minimum absolute atomic E-state index is 0.00247. The summed E-state index contributed by atoms with van der Waals surface area (Å²) in [5.74, 6) is 0.00494. The SMILES string of the molecule is O=C(c1ccccc1Br)N1CCCN(C(=O)c2ccccc2Br)CC1. The largest absolute Gasteiger partial charge is 0.337 e. The van der Waals surface area contributed by atoms with Crippen molar-refractivity contribution in [1.82, 2.24) is 9.80 Å². The van der Waals surface area contributed by atoms with Gasteiger partial charge < -0.3 is 9.80 Å². The number of nitrogens with zero attached hydrogens (tertiary/aromatic N) is 2. The van der Waals surface area contributed by atoms with Gasteiger partial charge in [-0.15, -0.1) is 0 Å². The van der Waals surface area contributed by atoms with Gasteiger partial charge in [-0.05, 0) is 62.5 Å². The highest BCUT2D eigenvalue weighted by molar-refractivity contribution is 9.10. The van der Waals surface area contributed by atoms with Crippen LogP contribution in [0.4, 0.5) is 0 Å². The third-order valence-corrected chi connectivity index (χ3v) is 5.66. The zero-order valence-corrected chi connectivity index (χ0v) is 16.8. The van der Waals surface area contributed by atoms with Crippen molar-refractivity contribution in [2.24, 2.45) is 0 Å². The highest BCUT2D eigenvalue weighted by Gasteiger charge is 2.25. The molecule has 6 heteroatoms. The van der Waals surface area contributed by atoms with Crippen LogP contribution >= 0.6 is 31.9 Å².